The molecule has 2 aliphatic heterocycles. The first-order valence-corrected chi connectivity index (χ1v) is 7.82. The van der Waals surface area contributed by atoms with E-state index in [2.05, 4.69) is 15.6 Å². The van der Waals surface area contributed by atoms with E-state index < -0.39 is 9.84 Å². The smallest absolute Gasteiger partial charge is 0.152 e. The largest absolute Gasteiger partial charge is 0.311 e. The van der Waals surface area contributed by atoms with Crippen LogP contribution >= 0.6 is 0 Å². The maximum Gasteiger partial charge on any atom is 0.152 e. The van der Waals surface area contributed by atoms with E-state index in [1.165, 1.54) is 0 Å². The highest BCUT2D eigenvalue weighted by Crippen LogP contribution is 2.25. The Morgan fingerprint density at radius 2 is 2.29 bits per heavy atom. The number of nitrogens with zero attached hydrogens (tertiary/aromatic N) is 3. The van der Waals surface area contributed by atoms with Gasteiger partial charge in [-0.3, -0.25) is 0 Å². The molecule has 1 saturated heterocycles. The number of fused-ring (bicyclic) bond motifs is 1. The van der Waals surface area contributed by atoms with Gasteiger partial charge in [0.2, 0.25) is 0 Å². The van der Waals surface area contributed by atoms with Crippen molar-refractivity contribution >= 4 is 9.84 Å². The molecule has 2 aliphatic rings. The lowest BCUT2D eigenvalue weighted by atomic mass is 10.1. The normalized spacial score (nSPS) is 27.6. The number of hydrogen-bond acceptors (Lipinski definition) is 5. The molecule has 0 amide bonds. The van der Waals surface area contributed by atoms with Crippen LogP contribution in [0.3, 0.4) is 0 Å². The van der Waals surface area contributed by atoms with Crippen LogP contribution in [0.5, 0.6) is 0 Å². The molecule has 94 valence electrons. The van der Waals surface area contributed by atoms with Crippen LogP contribution in [0.1, 0.15) is 30.3 Å². The minimum Gasteiger partial charge on any atom is -0.311 e. The van der Waals surface area contributed by atoms with Crippen LogP contribution in [-0.2, 0) is 22.8 Å². The lowest BCUT2D eigenvalue weighted by Gasteiger charge is -2.24. The van der Waals surface area contributed by atoms with Gasteiger partial charge in [0.1, 0.15) is 0 Å². The first-order valence-electron chi connectivity index (χ1n) is 6.00. The average molecular weight is 256 g/mol. The summed E-state index contributed by atoms with van der Waals surface area (Å²) in [7, 11) is -2.89. The summed E-state index contributed by atoms with van der Waals surface area (Å²) in [5, 5.41) is 11.5. The fraction of sp³-hybridized carbons (Fsp3) is 0.800. The average Bonchev–Trinajstić information content (AvgIpc) is 2.71. The van der Waals surface area contributed by atoms with Crippen LogP contribution in [-0.4, -0.2) is 41.5 Å². The summed E-state index contributed by atoms with van der Waals surface area (Å²) < 4.78 is 25.2. The summed E-state index contributed by atoms with van der Waals surface area (Å²) in [6.45, 7) is 1.66. The molecule has 17 heavy (non-hydrogen) atoms. The third kappa shape index (κ3) is 2.09. The maximum atomic E-state index is 11.7. The van der Waals surface area contributed by atoms with E-state index in [0.717, 1.165) is 43.7 Å². The first-order chi connectivity index (χ1) is 8.16. The molecule has 3 rings (SSSR count). The summed E-state index contributed by atoms with van der Waals surface area (Å²) in [6, 6.07) is -0.0110. The second kappa shape index (κ2) is 4.06. The van der Waals surface area contributed by atoms with Crippen molar-refractivity contribution in [1.82, 2.24) is 20.3 Å². The van der Waals surface area contributed by atoms with E-state index in [-0.39, 0.29) is 11.8 Å². The highest BCUT2D eigenvalue weighted by Gasteiger charge is 2.29. The molecule has 6 nitrogen and oxygen atoms in total. The number of aromatic nitrogens is 3. The number of hydrogen-bond donors (Lipinski definition) is 1. The van der Waals surface area contributed by atoms with E-state index in [1.807, 2.05) is 4.68 Å². The van der Waals surface area contributed by atoms with Gasteiger partial charge >= 0.3 is 0 Å². The molecule has 3 heterocycles. The van der Waals surface area contributed by atoms with Gasteiger partial charge in [0, 0.05) is 19.5 Å². The zero-order valence-electron chi connectivity index (χ0n) is 9.59. The van der Waals surface area contributed by atoms with Gasteiger partial charge in [-0.05, 0) is 12.8 Å². The van der Waals surface area contributed by atoms with Crippen molar-refractivity contribution in [3.05, 3.63) is 11.4 Å². The van der Waals surface area contributed by atoms with Gasteiger partial charge in [-0.15, -0.1) is 5.10 Å². The Labute approximate surface area is 100 Å². The van der Waals surface area contributed by atoms with Crippen LogP contribution in [0, 0.1) is 0 Å². The van der Waals surface area contributed by atoms with Gasteiger partial charge in [-0.2, -0.15) is 0 Å². The minimum absolute atomic E-state index is 0.0110. The first kappa shape index (κ1) is 11.2. The predicted octanol–water partition coefficient (Wildman–Crippen LogP) is -0.326. The molecular weight excluding hydrogens is 240 g/mol. The van der Waals surface area contributed by atoms with Crippen LogP contribution in [0.4, 0.5) is 0 Å². The molecule has 1 unspecified atom stereocenters. The van der Waals surface area contributed by atoms with E-state index in [9.17, 15) is 8.42 Å². The molecule has 1 atom stereocenters. The molecule has 1 fully saturated rings. The molecule has 1 aromatic heterocycles. The van der Waals surface area contributed by atoms with Gasteiger partial charge in [0.25, 0.3) is 0 Å². The third-order valence-corrected chi connectivity index (χ3v) is 5.29. The highest BCUT2D eigenvalue weighted by molar-refractivity contribution is 7.91. The van der Waals surface area contributed by atoms with Gasteiger partial charge < -0.3 is 5.32 Å². The Hall–Kier alpha value is -0.950. The van der Waals surface area contributed by atoms with E-state index in [4.69, 9.17) is 0 Å². The number of rotatable bonds is 1. The van der Waals surface area contributed by atoms with Gasteiger partial charge in [0.05, 0.1) is 28.9 Å². The lowest BCUT2D eigenvalue weighted by molar-refractivity contribution is 0.411. The molecule has 0 spiro atoms. The van der Waals surface area contributed by atoms with Gasteiger partial charge in [-0.25, -0.2) is 13.1 Å². The fourth-order valence-corrected chi connectivity index (χ4v) is 4.31. The Kier molecular flexibility index (Phi) is 2.67. The monoisotopic (exact) mass is 256 g/mol. The van der Waals surface area contributed by atoms with Gasteiger partial charge in [0.15, 0.2) is 9.84 Å². The molecule has 7 heteroatoms. The second-order valence-corrected chi connectivity index (χ2v) is 6.99. The SMILES string of the molecule is O=S1(=O)CCCC(n2nnc3c2CCNC3)C1. The molecule has 1 aromatic rings. The third-order valence-electron chi connectivity index (χ3n) is 3.49. The van der Waals surface area contributed by atoms with Crippen LogP contribution < -0.4 is 5.32 Å². The van der Waals surface area contributed by atoms with Crippen molar-refractivity contribution in [3.8, 4) is 0 Å². The van der Waals surface area contributed by atoms with Crippen molar-refractivity contribution in [2.24, 2.45) is 0 Å². The topological polar surface area (TPSA) is 76.9 Å². The molecule has 0 aliphatic carbocycles. The summed E-state index contributed by atoms with van der Waals surface area (Å²) in [5.41, 5.74) is 2.09. The summed E-state index contributed by atoms with van der Waals surface area (Å²) in [5.74, 6) is 0.540. The quantitative estimate of drug-likeness (QED) is 0.745. The standard InChI is InChI=1S/C10H16N4O2S/c15-17(16)5-1-2-8(7-17)14-10-3-4-11-6-9(10)12-13-14/h8,11H,1-7H2. The Bertz CT molecular complexity index is 522. The molecule has 0 aromatic carbocycles. The zero-order valence-corrected chi connectivity index (χ0v) is 10.4. The second-order valence-electron chi connectivity index (χ2n) is 4.76. The minimum atomic E-state index is -2.89. The van der Waals surface area contributed by atoms with Crippen molar-refractivity contribution in [2.75, 3.05) is 18.1 Å². The Balaban J connectivity index is 1.91. The molecule has 1 N–H and O–H groups in total. The van der Waals surface area contributed by atoms with Crippen molar-refractivity contribution in [3.63, 3.8) is 0 Å². The van der Waals surface area contributed by atoms with Crippen LogP contribution in [0.25, 0.3) is 0 Å². The number of nitrogens with one attached hydrogen (secondary N) is 1. The van der Waals surface area contributed by atoms with Crippen molar-refractivity contribution in [2.45, 2.75) is 31.8 Å². The van der Waals surface area contributed by atoms with Gasteiger partial charge in [-0.1, -0.05) is 5.21 Å². The summed E-state index contributed by atoms with van der Waals surface area (Å²) >= 11 is 0. The molecule has 0 bridgehead atoms. The van der Waals surface area contributed by atoms with Crippen LogP contribution in [0.2, 0.25) is 0 Å². The maximum absolute atomic E-state index is 11.7. The van der Waals surface area contributed by atoms with E-state index in [0.29, 0.717) is 5.75 Å². The Morgan fingerprint density at radius 3 is 3.12 bits per heavy atom. The van der Waals surface area contributed by atoms with Crippen LogP contribution in [0.15, 0.2) is 0 Å². The van der Waals surface area contributed by atoms with Crippen molar-refractivity contribution < 1.29 is 8.42 Å². The van der Waals surface area contributed by atoms with E-state index in [1.54, 1.807) is 0 Å². The summed E-state index contributed by atoms with van der Waals surface area (Å²) in [6.07, 6.45) is 2.52. The zero-order chi connectivity index (χ0) is 11.9. The fourth-order valence-electron chi connectivity index (χ4n) is 2.64. The molecule has 0 radical (unpaired) electrons. The lowest BCUT2D eigenvalue weighted by Crippen LogP contribution is -2.31. The number of sulfone groups is 1. The highest BCUT2D eigenvalue weighted by atomic mass is 32.2. The molecular formula is C10H16N4O2S. The Morgan fingerprint density at radius 1 is 1.41 bits per heavy atom. The van der Waals surface area contributed by atoms with Crippen molar-refractivity contribution in [1.29, 1.82) is 0 Å². The predicted molar refractivity (Wildman–Crippen MR) is 62.4 cm³/mol. The van der Waals surface area contributed by atoms with E-state index >= 15 is 0 Å². The summed E-state index contributed by atoms with van der Waals surface area (Å²) in [4.78, 5) is 0. The molecule has 0 saturated carbocycles.